The summed E-state index contributed by atoms with van der Waals surface area (Å²) in [5.74, 6) is 0. The summed E-state index contributed by atoms with van der Waals surface area (Å²) >= 11 is 0. The van der Waals surface area contributed by atoms with Crippen molar-refractivity contribution in [2.24, 2.45) is 5.73 Å². The van der Waals surface area contributed by atoms with Crippen LogP contribution >= 0.6 is 0 Å². The van der Waals surface area contributed by atoms with Crippen LogP contribution in [0.1, 0.15) is 17.2 Å². The molecule has 94 valence electrons. The lowest BCUT2D eigenvalue weighted by molar-refractivity contribution is 0.727. The predicted octanol–water partition coefficient (Wildman–Crippen LogP) is 2.87. The number of nitrogens with zero attached hydrogens (tertiary/aromatic N) is 2. The van der Waals surface area contributed by atoms with Crippen molar-refractivity contribution in [2.75, 3.05) is 0 Å². The van der Waals surface area contributed by atoms with E-state index in [0.29, 0.717) is 0 Å². The molecule has 3 rings (SSSR count). The Morgan fingerprint density at radius 2 is 1.74 bits per heavy atom. The first kappa shape index (κ1) is 11.8. The van der Waals surface area contributed by atoms with E-state index in [2.05, 4.69) is 22.1 Å². The van der Waals surface area contributed by atoms with Gasteiger partial charge in [-0.15, -0.1) is 0 Å². The lowest BCUT2D eigenvalue weighted by Crippen LogP contribution is -2.13. The van der Waals surface area contributed by atoms with Gasteiger partial charge in [0.15, 0.2) is 0 Å². The van der Waals surface area contributed by atoms with Crippen LogP contribution in [-0.2, 0) is 6.42 Å². The topological polar surface area (TPSA) is 51.8 Å². The average molecular weight is 249 g/mol. The third kappa shape index (κ3) is 2.46. The highest BCUT2D eigenvalue weighted by Gasteiger charge is 2.10. The zero-order valence-electron chi connectivity index (χ0n) is 10.5. The van der Waals surface area contributed by atoms with Crippen molar-refractivity contribution in [1.29, 1.82) is 0 Å². The van der Waals surface area contributed by atoms with Crippen LogP contribution in [-0.4, -0.2) is 9.97 Å². The van der Waals surface area contributed by atoms with Gasteiger partial charge in [0, 0.05) is 36.2 Å². The number of nitrogens with two attached hydrogens (primary N) is 1. The van der Waals surface area contributed by atoms with Gasteiger partial charge in [-0.1, -0.05) is 18.2 Å². The minimum Gasteiger partial charge on any atom is -0.324 e. The summed E-state index contributed by atoms with van der Waals surface area (Å²) in [5.41, 5.74) is 8.68. The van der Waals surface area contributed by atoms with Gasteiger partial charge >= 0.3 is 0 Å². The van der Waals surface area contributed by atoms with Crippen molar-refractivity contribution in [3.05, 3.63) is 72.3 Å². The molecule has 0 saturated heterocycles. The van der Waals surface area contributed by atoms with E-state index < -0.39 is 0 Å². The normalized spacial score (nSPS) is 12.5. The van der Waals surface area contributed by atoms with Crippen molar-refractivity contribution >= 4 is 10.8 Å². The molecule has 0 fully saturated rings. The molecule has 3 aromatic rings. The quantitative estimate of drug-likeness (QED) is 0.776. The average Bonchev–Trinajstić information content (AvgIpc) is 2.47. The Hall–Kier alpha value is -2.26. The van der Waals surface area contributed by atoms with Crippen LogP contribution in [0.15, 0.2) is 61.2 Å². The lowest BCUT2D eigenvalue weighted by Gasteiger charge is -2.14. The standard InChI is InChI=1S/C16H15N3/c17-16(10-12-4-7-18-8-5-12)14-3-1-2-13-6-9-19-11-15(13)14/h1-9,11,16H,10,17H2. The molecule has 0 radical (unpaired) electrons. The Morgan fingerprint density at radius 1 is 0.947 bits per heavy atom. The smallest absolute Gasteiger partial charge is 0.0349 e. The number of fused-ring (bicyclic) bond motifs is 1. The van der Waals surface area contributed by atoms with Gasteiger partial charge < -0.3 is 5.73 Å². The van der Waals surface area contributed by atoms with Crippen molar-refractivity contribution < 1.29 is 0 Å². The molecule has 2 aromatic heterocycles. The second-order valence-electron chi connectivity index (χ2n) is 4.61. The number of benzene rings is 1. The molecule has 3 heteroatoms. The van der Waals surface area contributed by atoms with E-state index in [1.165, 1.54) is 10.9 Å². The van der Waals surface area contributed by atoms with E-state index in [-0.39, 0.29) is 6.04 Å². The molecule has 0 spiro atoms. The maximum absolute atomic E-state index is 6.34. The molecule has 19 heavy (non-hydrogen) atoms. The number of rotatable bonds is 3. The molecule has 2 heterocycles. The number of pyridine rings is 2. The van der Waals surface area contributed by atoms with Gasteiger partial charge in [0.05, 0.1) is 0 Å². The minimum absolute atomic E-state index is 0.0321. The van der Waals surface area contributed by atoms with Crippen molar-refractivity contribution in [1.82, 2.24) is 9.97 Å². The molecule has 0 saturated carbocycles. The molecule has 0 bridgehead atoms. The predicted molar refractivity (Wildman–Crippen MR) is 76.6 cm³/mol. The Kier molecular flexibility index (Phi) is 3.21. The second-order valence-corrected chi connectivity index (χ2v) is 4.61. The molecular formula is C16H15N3. The fourth-order valence-corrected chi connectivity index (χ4v) is 2.34. The summed E-state index contributed by atoms with van der Waals surface area (Å²) in [7, 11) is 0. The molecule has 3 nitrogen and oxygen atoms in total. The van der Waals surface area contributed by atoms with Gasteiger partial charge in [0.25, 0.3) is 0 Å². The Morgan fingerprint density at radius 3 is 2.58 bits per heavy atom. The van der Waals surface area contributed by atoms with Gasteiger partial charge in [0.1, 0.15) is 0 Å². The zero-order valence-corrected chi connectivity index (χ0v) is 10.5. The van der Waals surface area contributed by atoms with Crippen LogP contribution in [0.2, 0.25) is 0 Å². The summed E-state index contributed by atoms with van der Waals surface area (Å²) in [6.07, 6.45) is 8.09. The third-order valence-corrected chi connectivity index (χ3v) is 3.32. The Labute approximate surface area is 112 Å². The molecule has 1 aromatic carbocycles. The van der Waals surface area contributed by atoms with E-state index in [1.807, 2.05) is 30.5 Å². The zero-order chi connectivity index (χ0) is 13.1. The Balaban J connectivity index is 1.96. The van der Waals surface area contributed by atoms with Crippen LogP contribution in [0, 0.1) is 0 Å². The molecule has 0 aliphatic rings. The molecule has 1 atom stereocenters. The molecule has 2 N–H and O–H groups in total. The number of hydrogen-bond donors (Lipinski definition) is 1. The molecule has 1 unspecified atom stereocenters. The van der Waals surface area contributed by atoms with Gasteiger partial charge in [-0.25, -0.2) is 0 Å². The summed E-state index contributed by atoms with van der Waals surface area (Å²) in [4.78, 5) is 8.22. The molecule has 0 aliphatic heterocycles. The van der Waals surface area contributed by atoms with Crippen molar-refractivity contribution in [3.8, 4) is 0 Å². The largest absolute Gasteiger partial charge is 0.324 e. The first-order valence-electron chi connectivity index (χ1n) is 6.32. The van der Waals surface area contributed by atoms with E-state index in [1.54, 1.807) is 18.6 Å². The van der Waals surface area contributed by atoms with Crippen LogP contribution in [0.3, 0.4) is 0 Å². The third-order valence-electron chi connectivity index (χ3n) is 3.32. The van der Waals surface area contributed by atoms with Gasteiger partial charge in [-0.2, -0.15) is 0 Å². The highest BCUT2D eigenvalue weighted by atomic mass is 14.7. The van der Waals surface area contributed by atoms with E-state index in [4.69, 9.17) is 5.73 Å². The van der Waals surface area contributed by atoms with Crippen molar-refractivity contribution in [3.63, 3.8) is 0 Å². The highest BCUT2D eigenvalue weighted by molar-refractivity contribution is 5.85. The van der Waals surface area contributed by atoms with E-state index >= 15 is 0 Å². The number of aromatic nitrogens is 2. The van der Waals surface area contributed by atoms with Crippen LogP contribution < -0.4 is 5.73 Å². The summed E-state index contributed by atoms with van der Waals surface area (Å²) in [6, 6.07) is 12.2. The summed E-state index contributed by atoms with van der Waals surface area (Å²) in [6.45, 7) is 0. The van der Waals surface area contributed by atoms with E-state index in [0.717, 1.165) is 17.4 Å². The fraction of sp³-hybridized carbons (Fsp3) is 0.125. The Bertz CT molecular complexity index is 674. The van der Waals surface area contributed by atoms with E-state index in [9.17, 15) is 0 Å². The van der Waals surface area contributed by atoms with Crippen LogP contribution in [0.5, 0.6) is 0 Å². The highest BCUT2D eigenvalue weighted by Crippen LogP contribution is 2.24. The summed E-state index contributed by atoms with van der Waals surface area (Å²) < 4.78 is 0. The maximum Gasteiger partial charge on any atom is 0.0349 e. The summed E-state index contributed by atoms with van der Waals surface area (Å²) in [5, 5.41) is 2.31. The van der Waals surface area contributed by atoms with Gasteiger partial charge in [-0.3, -0.25) is 9.97 Å². The maximum atomic E-state index is 6.34. The van der Waals surface area contributed by atoms with Crippen LogP contribution in [0.4, 0.5) is 0 Å². The SMILES string of the molecule is NC(Cc1ccncc1)c1cccc2ccncc12. The minimum atomic E-state index is -0.0321. The monoisotopic (exact) mass is 249 g/mol. The van der Waals surface area contributed by atoms with Crippen LogP contribution in [0.25, 0.3) is 10.8 Å². The first-order chi connectivity index (χ1) is 9.34. The van der Waals surface area contributed by atoms with Crippen molar-refractivity contribution in [2.45, 2.75) is 12.5 Å². The lowest BCUT2D eigenvalue weighted by atomic mass is 9.96. The second kappa shape index (κ2) is 5.16. The number of hydrogen-bond acceptors (Lipinski definition) is 3. The van der Waals surface area contributed by atoms with Gasteiger partial charge in [0.2, 0.25) is 0 Å². The van der Waals surface area contributed by atoms with Gasteiger partial charge in [-0.05, 0) is 41.1 Å². The molecule has 0 amide bonds. The first-order valence-corrected chi connectivity index (χ1v) is 6.32. The molecular weight excluding hydrogens is 234 g/mol. The molecule has 0 aliphatic carbocycles. The fourth-order valence-electron chi connectivity index (χ4n) is 2.34.